The minimum absolute atomic E-state index is 0.131. The second-order valence-electron chi connectivity index (χ2n) is 12.5. The summed E-state index contributed by atoms with van der Waals surface area (Å²) in [7, 11) is 2.12. The number of anilines is 1. The van der Waals surface area contributed by atoms with E-state index >= 15 is 0 Å². The molecule has 3 N–H and O–H groups in total. The van der Waals surface area contributed by atoms with E-state index in [0.29, 0.717) is 48.7 Å². The van der Waals surface area contributed by atoms with Gasteiger partial charge in [0.15, 0.2) is 0 Å². The lowest BCUT2D eigenvalue weighted by atomic mass is 9.64. The average Bonchev–Trinajstić information content (AvgIpc) is 3.51. The topological polar surface area (TPSA) is 114 Å². The molecule has 0 amide bonds. The van der Waals surface area contributed by atoms with Crippen molar-refractivity contribution in [2.75, 3.05) is 38.2 Å². The third kappa shape index (κ3) is 4.72. The van der Waals surface area contributed by atoms with E-state index in [1.165, 1.54) is 0 Å². The largest absolute Gasteiger partial charge is 0.476 e. The van der Waals surface area contributed by atoms with Crippen molar-refractivity contribution in [3.63, 3.8) is 0 Å². The van der Waals surface area contributed by atoms with Gasteiger partial charge in [0, 0.05) is 54.5 Å². The van der Waals surface area contributed by atoms with Gasteiger partial charge >= 0.3 is 0 Å². The number of nitrogens with one attached hydrogen (secondary N) is 1. The maximum atomic E-state index is 14.0. The van der Waals surface area contributed by atoms with E-state index in [1.807, 2.05) is 6.07 Å². The minimum Gasteiger partial charge on any atom is -0.476 e. The lowest BCUT2D eigenvalue weighted by Crippen LogP contribution is -2.57. The molecule has 9 nitrogen and oxygen atoms in total. The Kier molecular flexibility index (Phi) is 6.71. The molecule has 6 rings (SSSR count). The van der Waals surface area contributed by atoms with Crippen molar-refractivity contribution in [1.82, 2.24) is 20.2 Å². The van der Waals surface area contributed by atoms with Gasteiger partial charge in [-0.2, -0.15) is 4.98 Å². The molecular formula is C29H42N6O3. The van der Waals surface area contributed by atoms with Gasteiger partial charge in [-0.3, -0.25) is 9.59 Å². The quantitative estimate of drug-likeness (QED) is 0.544. The first-order valence-corrected chi connectivity index (χ1v) is 14.6. The van der Waals surface area contributed by atoms with Gasteiger partial charge in [0.1, 0.15) is 18.2 Å². The number of carbonyl (C=O) groups excluding carboxylic acids is 2. The molecule has 9 heteroatoms. The van der Waals surface area contributed by atoms with Crippen LogP contribution in [0.4, 0.5) is 5.82 Å². The lowest BCUT2D eigenvalue weighted by molar-refractivity contribution is -0.129. The number of ether oxygens (including phenoxy) is 1. The van der Waals surface area contributed by atoms with E-state index in [0.717, 1.165) is 83.2 Å². The Balaban J connectivity index is 1.33. The van der Waals surface area contributed by atoms with Crippen LogP contribution in [-0.2, 0) is 4.79 Å². The predicted octanol–water partition coefficient (Wildman–Crippen LogP) is 2.99. The SMILES string of the molecule is C[C@H]1CN(c2cc(OC[C@@H]3CCCN3C)nc(C(=O)C3=C(N)[C@]4(CCCCC4=O)CCC3)n2)CC2(CC2)N1. The molecule has 1 aromatic rings. The molecule has 38 heavy (non-hydrogen) atoms. The third-order valence-electron chi connectivity index (χ3n) is 9.64. The van der Waals surface area contributed by atoms with Crippen molar-refractivity contribution in [3.8, 4) is 5.88 Å². The number of likely N-dealkylation sites (N-methyl/N-ethyl adjacent to an activating group) is 1. The fourth-order valence-electron chi connectivity index (χ4n) is 7.26. The van der Waals surface area contributed by atoms with Crippen LogP contribution in [0, 0.1) is 5.41 Å². The van der Waals surface area contributed by atoms with E-state index < -0.39 is 5.41 Å². The average molecular weight is 523 g/mol. The Labute approximate surface area is 225 Å². The molecule has 5 aliphatic rings. The molecule has 206 valence electrons. The minimum atomic E-state index is -0.683. The highest BCUT2D eigenvalue weighted by molar-refractivity contribution is 6.08. The summed E-state index contributed by atoms with van der Waals surface area (Å²) in [5, 5.41) is 3.74. The van der Waals surface area contributed by atoms with E-state index in [2.05, 4.69) is 34.1 Å². The number of aromatic nitrogens is 2. The summed E-state index contributed by atoms with van der Waals surface area (Å²) in [5.74, 6) is 1.24. The van der Waals surface area contributed by atoms with Gasteiger partial charge in [-0.25, -0.2) is 4.98 Å². The molecule has 3 atom stereocenters. The molecular weight excluding hydrogens is 480 g/mol. The van der Waals surface area contributed by atoms with Crippen molar-refractivity contribution in [1.29, 1.82) is 0 Å². The molecule has 3 aliphatic carbocycles. The number of carbonyl (C=O) groups is 2. The summed E-state index contributed by atoms with van der Waals surface area (Å²) in [6, 6.07) is 2.56. The number of hydrogen-bond donors (Lipinski definition) is 2. The zero-order valence-electron chi connectivity index (χ0n) is 22.9. The molecule has 0 unspecified atom stereocenters. The van der Waals surface area contributed by atoms with Crippen LogP contribution < -0.4 is 20.7 Å². The highest BCUT2D eigenvalue weighted by Crippen LogP contribution is 2.47. The Morgan fingerprint density at radius 2 is 1.97 bits per heavy atom. The summed E-state index contributed by atoms with van der Waals surface area (Å²) in [4.78, 5) is 41.1. The van der Waals surface area contributed by atoms with Crippen molar-refractivity contribution >= 4 is 17.4 Å². The lowest BCUT2D eigenvalue weighted by Gasteiger charge is -2.40. The summed E-state index contributed by atoms with van der Waals surface area (Å²) in [6.45, 7) is 5.46. The fourth-order valence-corrected chi connectivity index (χ4v) is 7.26. The zero-order valence-corrected chi connectivity index (χ0v) is 22.9. The summed E-state index contributed by atoms with van der Waals surface area (Å²) < 4.78 is 6.23. The highest BCUT2D eigenvalue weighted by Gasteiger charge is 2.48. The number of likely N-dealkylation sites (tertiary alicyclic amines) is 1. The fraction of sp³-hybridized carbons (Fsp3) is 0.724. The first-order valence-electron chi connectivity index (χ1n) is 14.6. The van der Waals surface area contributed by atoms with Crippen molar-refractivity contribution in [2.24, 2.45) is 11.1 Å². The number of nitrogens with two attached hydrogens (primary N) is 1. The molecule has 4 fully saturated rings. The van der Waals surface area contributed by atoms with Crippen LogP contribution in [0.2, 0.25) is 0 Å². The molecule has 0 radical (unpaired) electrons. The highest BCUT2D eigenvalue weighted by atomic mass is 16.5. The van der Waals surface area contributed by atoms with Gasteiger partial charge in [-0.1, -0.05) is 6.42 Å². The number of Topliss-reactive ketones (excluding diaryl/α,β-unsaturated/α-hetero) is 2. The second kappa shape index (κ2) is 9.90. The van der Waals surface area contributed by atoms with Crippen molar-refractivity contribution < 1.29 is 14.3 Å². The summed E-state index contributed by atoms with van der Waals surface area (Å²) in [5.41, 5.74) is 7.14. The smallest absolute Gasteiger partial charge is 0.228 e. The number of hydrogen-bond acceptors (Lipinski definition) is 9. The van der Waals surface area contributed by atoms with Crippen LogP contribution >= 0.6 is 0 Å². The first-order chi connectivity index (χ1) is 18.3. The predicted molar refractivity (Wildman–Crippen MR) is 145 cm³/mol. The standard InChI is InChI=1S/C29H42N6O3/c1-19-16-35(18-28(33-19)12-13-28)23-15-24(38-17-20-7-6-14-34(20)2)32-27(31-23)25(37)21-8-5-11-29(26(21)30)10-4-3-9-22(29)36/h15,19-20,33H,3-14,16-18,30H2,1-2H3/t19-,20-,29+/m0/s1. The van der Waals surface area contributed by atoms with Gasteiger partial charge in [0.25, 0.3) is 0 Å². The first kappa shape index (κ1) is 25.7. The Morgan fingerprint density at radius 1 is 1.16 bits per heavy atom. The normalized spacial score (nSPS) is 31.3. The molecule has 2 saturated heterocycles. The summed E-state index contributed by atoms with van der Waals surface area (Å²) >= 11 is 0. The van der Waals surface area contributed by atoms with Crippen LogP contribution in [0.5, 0.6) is 5.88 Å². The third-order valence-corrected chi connectivity index (χ3v) is 9.64. The van der Waals surface area contributed by atoms with Gasteiger partial charge in [-0.15, -0.1) is 0 Å². The zero-order chi connectivity index (χ0) is 26.5. The summed E-state index contributed by atoms with van der Waals surface area (Å²) in [6.07, 6.45) is 9.80. The van der Waals surface area contributed by atoms with Gasteiger partial charge in [0.2, 0.25) is 17.5 Å². The molecule has 0 bridgehead atoms. The Morgan fingerprint density at radius 3 is 2.71 bits per heavy atom. The maximum Gasteiger partial charge on any atom is 0.228 e. The van der Waals surface area contributed by atoms with E-state index in [-0.39, 0.29) is 22.9 Å². The molecule has 2 saturated carbocycles. The van der Waals surface area contributed by atoms with E-state index in [9.17, 15) is 9.59 Å². The Bertz CT molecular complexity index is 1150. The molecule has 2 spiro atoms. The Hall–Kier alpha value is -2.52. The van der Waals surface area contributed by atoms with Crippen LogP contribution in [0.1, 0.15) is 88.2 Å². The van der Waals surface area contributed by atoms with Crippen LogP contribution in [0.15, 0.2) is 17.3 Å². The maximum absolute atomic E-state index is 14.0. The van der Waals surface area contributed by atoms with Gasteiger partial charge < -0.3 is 25.6 Å². The van der Waals surface area contributed by atoms with E-state index in [1.54, 1.807) is 0 Å². The van der Waals surface area contributed by atoms with Gasteiger partial charge in [-0.05, 0) is 78.3 Å². The van der Waals surface area contributed by atoms with Crippen LogP contribution in [0.25, 0.3) is 0 Å². The molecule has 1 aromatic heterocycles. The van der Waals surface area contributed by atoms with Crippen LogP contribution in [-0.4, -0.2) is 77.3 Å². The number of piperazine rings is 1. The number of rotatable bonds is 6. The van der Waals surface area contributed by atoms with Gasteiger partial charge in [0.05, 0.1) is 5.41 Å². The molecule has 0 aromatic carbocycles. The van der Waals surface area contributed by atoms with Crippen molar-refractivity contribution in [3.05, 3.63) is 23.2 Å². The second-order valence-corrected chi connectivity index (χ2v) is 12.5. The number of ketones is 2. The van der Waals surface area contributed by atoms with Crippen molar-refractivity contribution in [2.45, 2.75) is 95.2 Å². The molecule has 3 heterocycles. The number of nitrogens with zero attached hydrogens (tertiary/aromatic N) is 4. The number of allylic oxidation sites excluding steroid dienone is 2. The van der Waals surface area contributed by atoms with E-state index in [4.69, 9.17) is 15.5 Å². The van der Waals surface area contributed by atoms with Crippen LogP contribution in [0.3, 0.4) is 0 Å². The molecule has 2 aliphatic heterocycles. The monoisotopic (exact) mass is 522 g/mol.